The van der Waals surface area contributed by atoms with Crippen LogP contribution in [0.15, 0.2) is 53.1 Å². The maximum Gasteiger partial charge on any atom is 0.266 e. The fourth-order valence-electron chi connectivity index (χ4n) is 5.12. The first-order valence-corrected chi connectivity index (χ1v) is 13.7. The highest BCUT2D eigenvalue weighted by atomic mass is 35.5. The summed E-state index contributed by atoms with van der Waals surface area (Å²) in [5.74, 6) is -1.91. The van der Waals surface area contributed by atoms with Gasteiger partial charge in [0.1, 0.15) is 16.5 Å². The van der Waals surface area contributed by atoms with Crippen molar-refractivity contribution in [2.75, 3.05) is 29.7 Å². The monoisotopic (exact) mass is 538 g/mol. The minimum absolute atomic E-state index is 0.00300. The number of hydrogen-bond acceptors (Lipinski definition) is 6. The minimum atomic E-state index is -4.38. The molecule has 0 radical (unpaired) electrons. The lowest BCUT2D eigenvalue weighted by atomic mass is 9.89. The highest BCUT2D eigenvalue weighted by Crippen LogP contribution is 2.35. The van der Waals surface area contributed by atoms with E-state index >= 15 is 4.39 Å². The fourth-order valence-corrected chi connectivity index (χ4v) is 6.49. The average Bonchev–Trinajstić information content (AvgIpc) is 3.32. The van der Waals surface area contributed by atoms with Crippen LogP contribution in [-0.4, -0.2) is 55.2 Å². The number of aliphatic hydroxyl groups excluding tert-OH is 1. The third kappa shape index (κ3) is 5.90. The zero-order valence-electron chi connectivity index (χ0n) is 19.7. The van der Waals surface area contributed by atoms with Gasteiger partial charge < -0.3 is 10.4 Å². The van der Waals surface area contributed by atoms with E-state index in [1.165, 1.54) is 12.1 Å². The van der Waals surface area contributed by atoms with Crippen LogP contribution in [0.2, 0.25) is 5.02 Å². The minimum Gasteiger partial charge on any atom is -0.391 e. The summed E-state index contributed by atoms with van der Waals surface area (Å²) in [6.45, 7) is 5.30. The Morgan fingerprint density at radius 1 is 1.25 bits per heavy atom. The second kappa shape index (κ2) is 11.3. The van der Waals surface area contributed by atoms with Gasteiger partial charge in [-0.3, -0.25) is 9.62 Å². The Balaban J connectivity index is 1.51. The first-order valence-electron chi connectivity index (χ1n) is 11.9. The molecule has 0 spiro atoms. The number of sulfonamides is 1. The average molecular weight is 539 g/mol. The summed E-state index contributed by atoms with van der Waals surface area (Å²) in [6.07, 6.45) is 4.83. The molecule has 11 heteroatoms. The molecule has 0 bridgehead atoms. The molecule has 194 valence electrons. The van der Waals surface area contributed by atoms with Crippen LogP contribution in [0, 0.1) is 17.7 Å². The molecular weight excluding hydrogens is 510 g/mol. The quantitative estimate of drug-likeness (QED) is 0.337. The topological polar surface area (TPSA) is 94.6 Å². The van der Waals surface area contributed by atoms with Gasteiger partial charge >= 0.3 is 0 Å². The maximum absolute atomic E-state index is 15.0. The second-order valence-electron chi connectivity index (χ2n) is 9.16. The Bertz CT molecular complexity index is 1270. The summed E-state index contributed by atoms with van der Waals surface area (Å²) in [6, 6.07) is 5.94. The van der Waals surface area contributed by atoms with Crippen molar-refractivity contribution in [1.29, 1.82) is 0 Å². The fraction of sp³-hybridized carbons (Fsp3) is 0.440. The Morgan fingerprint density at radius 3 is 2.75 bits per heavy atom. The van der Waals surface area contributed by atoms with E-state index < -0.39 is 26.7 Å². The number of hydrogen-bond donors (Lipinski definition) is 3. The number of aromatic nitrogens is 1. The van der Waals surface area contributed by atoms with Gasteiger partial charge in [-0.1, -0.05) is 37.1 Å². The number of rotatable bonds is 8. The molecule has 4 rings (SSSR count). The number of halogens is 3. The lowest BCUT2D eigenvalue weighted by Gasteiger charge is -2.39. The van der Waals surface area contributed by atoms with Crippen molar-refractivity contribution in [3.8, 4) is 0 Å². The molecule has 2 fully saturated rings. The molecule has 0 amide bonds. The van der Waals surface area contributed by atoms with Gasteiger partial charge in [-0.15, -0.1) is 5.73 Å². The van der Waals surface area contributed by atoms with E-state index in [-0.39, 0.29) is 35.4 Å². The molecule has 1 aliphatic heterocycles. The van der Waals surface area contributed by atoms with Crippen LogP contribution < -0.4 is 10.0 Å². The van der Waals surface area contributed by atoms with Crippen LogP contribution >= 0.6 is 11.6 Å². The summed E-state index contributed by atoms with van der Waals surface area (Å²) in [7, 11) is -4.38. The molecule has 1 aliphatic carbocycles. The van der Waals surface area contributed by atoms with Crippen molar-refractivity contribution in [2.45, 2.75) is 49.1 Å². The number of nitrogens with one attached hydrogen (secondary N) is 2. The van der Waals surface area contributed by atoms with Crippen LogP contribution in [0.1, 0.15) is 32.1 Å². The van der Waals surface area contributed by atoms with Gasteiger partial charge in [-0.25, -0.2) is 17.8 Å². The van der Waals surface area contributed by atoms with Gasteiger partial charge in [0, 0.05) is 30.1 Å². The number of nitrogens with zero attached hydrogens (tertiary/aromatic N) is 2. The molecule has 1 saturated carbocycles. The summed E-state index contributed by atoms with van der Waals surface area (Å²) >= 11 is 6.41. The Morgan fingerprint density at radius 2 is 2.03 bits per heavy atom. The molecule has 3 atom stereocenters. The summed E-state index contributed by atoms with van der Waals surface area (Å²) in [5, 5.41) is 13.0. The molecule has 3 N–H and O–H groups in total. The first kappa shape index (κ1) is 26.6. The van der Waals surface area contributed by atoms with Gasteiger partial charge in [0.05, 0.1) is 17.3 Å². The van der Waals surface area contributed by atoms with Gasteiger partial charge in [-0.2, -0.15) is 4.39 Å². The number of anilines is 2. The van der Waals surface area contributed by atoms with Gasteiger partial charge in [-0.05, 0) is 50.1 Å². The number of pyridine rings is 1. The predicted octanol–water partition coefficient (Wildman–Crippen LogP) is 4.56. The molecule has 36 heavy (non-hydrogen) atoms. The predicted molar refractivity (Wildman–Crippen MR) is 135 cm³/mol. The zero-order valence-corrected chi connectivity index (χ0v) is 21.3. The number of benzene rings is 1. The SMILES string of the molecule is C=C=C(CO)[C@H]1CCN([C@@H]2CCCC[C@H]2Nc2cc(F)c(S(=O)(=O)Nc3cccc(F)n3)cc2Cl)C1. The van der Waals surface area contributed by atoms with Gasteiger partial charge in [0.2, 0.25) is 5.95 Å². The van der Waals surface area contributed by atoms with Crippen molar-refractivity contribution < 1.29 is 22.3 Å². The molecule has 1 aromatic heterocycles. The first-order chi connectivity index (χ1) is 17.2. The molecule has 2 aliphatic rings. The zero-order chi connectivity index (χ0) is 25.9. The van der Waals surface area contributed by atoms with E-state index in [0.29, 0.717) is 5.69 Å². The van der Waals surface area contributed by atoms with E-state index in [1.54, 1.807) is 0 Å². The standard InChI is InChI=1S/C25H29ClF2N4O3S/c1-2-16(15-33)17-10-11-32(14-17)22-7-4-3-6-20(22)29-21-13-19(27)23(12-18(21)26)36(34,35)31-25-9-5-8-24(28)30-25/h5,8-9,12-13,17,20,22,29,33H,1,3-4,6-7,10-11,14-15H2,(H,30,31)/t17-,20+,22+/m0/s1. The van der Waals surface area contributed by atoms with E-state index in [0.717, 1.165) is 69.0 Å². The van der Waals surface area contributed by atoms with Crippen molar-refractivity contribution in [3.05, 3.63) is 65.0 Å². The molecule has 2 aromatic rings. The highest BCUT2D eigenvalue weighted by Gasteiger charge is 2.36. The Kier molecular flexibility index (Phi) is 8.32. The summed E-state index contributed by atoms with van der Waals surface area (Å²) < 4.78 is 55.9. The lowest BCUT2D eigenvalue weighted by Crippen LogP contribution is -2.48. The summed E-state index contributed by atoms with van der Waals surface area (Å²) in [4.78, 5) is 5.18. The molecule has 7 nitrogen and oxygen atoms in total. The van der Waals surface area contributed by atoms with Crippen molar-refractivity contribution >= 4 is 33.1 Å². The highest BCUT2D eigenvalue weighted by molar-refractivity contribution is 7.92. The molecule has 2 heterocycles. The molecule has 1 saturated heterocycles. The Hall–Kier alpha value is -2.49. The second-order valence-corrected chi connectivity index (χ2v) is 11.2. The number of likely N-dealkylation sites (tertiary alicyclic amines) is 1. The van der Waals surface area contributed by atoms with E-state index in [9.17, 15) is 17.9 Å². The van der Waals surface area contributed by atoms with Crippen LogP contribution in [0.5, 0.6) is 0 Å². The van der Waals surface area contributed by atoms with Crippen LogP contribution in [0.4, 0.5) is 20.3 Å². The van der Waals surface area contributed by atoms with E-state index in [2.05, 4.69) is 32.2 Å². The van der Waals surface area contributed by atoms with Crippen molar-refractivity contribution in [1.82, 2.24) is 9.88 Å². The molecular formula is C25H29ClF2N4O3S. The maximum atomic E-state index is 15.0. The number of aliphatic hydroxyl groups is 1. The Labute approximate surface area is 214 Å². The van der Waals surface area contributed by atoms with Gasteiger partial charge in [0.15, 0.2) is 0 Å². The van der Waals surface area contributed by atoms with Crippen molar-refractivity contribution in [3.63, 3.8) is 0 Å². The third-order valence-corrected chi connectivity index (χ3v) is 8.60. The summed E-state index contributed by atoms with van der Waals surface area (Å²) in [5.41, 5.74) is 3.99. The molecule has 0 unspecified atom stereocenters. The van der Waals surface area contributed by atoms with E-state index in [4.69, 9.17) is 11.6 Å². The van der Waals surface area contributed by atoms with Crippen LogP contribution in [-0.2, 0) is 10.0 Å². The van der Waals surface area contributed by atoms with Crippen LogP contribution in [0.25, 0.3) is 0 Å². The smallest absolute Gasteiger partial charge is 0.266 e. The van der Waals surface area contributed by atoms with Gasteiger partial charge in [0.25, 0.3) is 10.0 Å². The van der Waals surface area contributed by atoms with E-state index in [1.807, 2.05) is 0 Å². The largest absolute Gasteiger partial charge is 0.391 e. The molecule has 1 aromatic carbocycles. The lowest BCUT2D eigenvalue weighted by molar-refractivity contribution is 0.172. The van der Waals surface area contributed by atoms with Crippen molar-refractivity contribution in [2.24, 2.45) is 5.92 Å². The van der Waals surface area contributed by atoms with Crippen LogP contribution in [0.3, 0.4) is 0 Å². The normalized spacial score (nSPS) is 22.7. The third-order valence-electron chi connectivity index (χ3n) is 6.91.